The van der Waals surface area contributed by atoms with Crippen molar-refractivity contribution in [3.05, 3.63) is 294 Å². The van der Waals surface area contributed by atoms with E-state index in [1.165, 1.54) is 151 Å². The molecule has 5 amide bonds. The first-order chi connectivity index (χ1) is 68.8. The number of carbonyl (C=O) groups excluding carboxylic acids is 6. The largest absolute Gasteiger partial charge is 0.748 e. The summed E-state index contributed by atoms with van der Waals surface area (Å²) in [6.45, 7) is 14.6. The molecule has 3 saturated heterocycles. The summed E-state index contributed by atoms with van der Waals surface area (Å²) in [6.07, 6.45) is 4.71. The van der Waals surface area contributed by atoms with Crippen LogP contribution >= 0.6 is 0 Å². The summed E-state index contributed by atoms with van der Waals surface area (Å²) in [6, 6.07) is 48.7. The molecule has 0 radical (unpaired) electrons. The summed E-state index contributed by atoms with van der Waals surface area (Å²) >= 11 is 0. The smallest absolute Gasteiger partial charge is 0.425 e. The Morgan fingerprint density at radius 3 is 1.14 bits per heavy atom. The molecule has 3 heterocycles. The minimum Gasteiger partial charge on any atom is -0.748 e. The van der Waals surface area contributed by atoms with Crippen molar-refractivity contribution in [1.82, 2.24) is 14.7 Å². The van der Waals surface area contributed by atoms with Gasteiger partial charge in [0, 0.05) is 67.8 Å². The molecule has 6 atom stereocenters. The number of alkyl halides is 9. The number of carbonyl (C=O) groups is 6. The summed E-state index contributed by atoms with van der Waals surface area (Å²) in [5.41, 5.74) is 4.97. The van der Waals surface area contributed by atoms with Crippen molar-refractivity contribution in [2.75, 3.05) is 47.1 Å². The van der Waals surface area contributed by atoms with Gasteiger partial charge in [0.2, 0.25) is 11.8 Å². The van der Waals surface area contributed by atoms with E-state index in [1.807, 2.05) is 60.7 Å². The molecular weight excluding hydrogens is 1970 g/mol. The van der Waals surface area contributed by atoms with Crippen LogP contribution in [0.25, 0.3) is 0 Å². The second kappa shape index (κ2) is 53.5. The minimum absolute atomic E-state index is 0.0122. The van der Waals surface area contributed by atoms with Gasteiger partial charge in [-0.3, -0.25) is 33.3 Å². The van der Waals surface area contributed by atoms with Crippen molar-refractivity contribution in [3.8, 4) is 6.07 Å². The van der Waals surface area contributed by atoms with Gasteiger partial charge in [0.15, 0.2) is 0 Å². The average Bonchev–Trinajstić information content (AvgIpc) is 0.841. The first-order valence-electron chi connectivity index (χ1n) is 48.6. The number of quaternary nitrogens is 1. The van der Waals surface area contributed by atoms with E-state index >= 15 is 0 Å². The lowest BCUT2D eigenvalue weighted by atomic mass is 9.79. The zero-order chi connectivity index (χ0) is 107. The Labute approximate surface area is 846 Å². The third-order valence-corrected chi connectivity index (χ3v) is 28.5. The van der Waals surface area contributed by atoms with Gasteiger partial charge in [0.05, 0.1) is 91.3 Å². The number of rotatable bonds is 22. The molecule has 788 valence electrons. The molecule has 6 fully saturated rings. The lowest BCUT2D eigenvalue weighted by molar-refractivity contribution is -0.609. The first-order valence-corrected chi connectivity index (χ1v) is 52.8. The molecule has 3 aliphatic carbocycles. The number of hydrogen-bond donors (Lipinski definition) is 5. The highest BCUT2D eigenvalue weighted by molar-refractivity contribution is 7.85. The average molecular weight is 2100 g/mol. The van der Waals surface area contributed by atoms with Crippen molar-refractivity contribution < 1.29 is 125 Å². The summed E-state index contributed by atoms with van der Waals surface area (Å²) in [5, 5.41) is 18.5. The fourth-order valence-corrected chi connectivity index (χ4v) is 20.3. The van der Waals surface area contributed by atoms with E-state index in [4.69, 9.17) is 22.4 Å². The van der Waals surface area contributed by atoms with Gasteiger partial charge in [-0.05, 0) is 278 Å². The number of anilines is 3. The Hall–Kier alpha value is -12.2. The monoisotopic (exact) mass is 2100 g/mol. The van der Waals surface area contributed by atoms with Gasteiger partial charge < -0.3 is 40.5 Å². The van der Waals surface area contributed by atoms with E-state index in [0.29, 0.717) is 105 Å². The van der Waals surface area contributed by atoms with Gasteiger partial charge in [0.25, 0.3) is 27.8 Å². The summed E-state index contributed by atoms with van der Waals surface area (Å²) in [4.78, 5) is 87.6. The predicted octanol–water partition coefficient (Wildman–Crippen LogP) is 22.8. The lowest BCUT2D eigenvalue weighted by Gasteiger charge is -2.41. The van der Waals surface area contributed by atoms with Crippen molar-refractivity contribution >= 4 is 88.9 Å². The maximum absolute atomic E-state index is 14.9. The van der Waals surface area contributed by atoms with E-state index in [0.717, 1.165) is 72.8 Å². The Balaban J connectivity index is 0.000000222. The van der Waals surface area contributed by atoms with E-state index < -0.39 is 149 Å². The number of nitrogens with two attached hydrogens (primary N) is 1. The maximum atomic E-state index is 14.9. The van der Waals surface area contributed by atoms with Crippen LogP contribution in [0.4, 0.5) is 75.4 Å². The first kappa shape index (κ1) is 117. The Morgan fingerprint density at radius 2 is 0.781 bits per heavy atom. The number of amides is 5. The Kier molecular flexibility index (Phi) is 43.0. The number of hydrogen-bond acceptors (Lipinski definition) is 16. The molecule has 0 unspecified atom stereocenters. The molecule has 15 rings (SSSR count). The van der Waals surface area contributed by atoms with E-state index in [1.54, 1.807) is 80.0 Å². The number of halogens is 12. The van der Waals surface area contributed by atoms with E-state index in [-0.39, 0.29) is 74.0 Å². The fraction of sp³-hybridized carbons (Fsp3) is 0.435. The van der Waals surface area contributed by atoms with Crippen LogP contribution in [0.5, 0.6) is 0 Å². The number of piperidine rings is 3. The summed E-state index contributed by atoms with van der Waals surface area (Å²) < 4.78 is 248. The number of nitrogens with one attached hydrogen (secondary N) is 3. The highest BCUT2D eigenvalue weighted by Gasteiger charge is 2.46. The van der Waals surface area contributed by atoms with E-state index in [9.17, 15) is 103 Å². The molecule has 0 bridgehead atoms. The predicted molar refractivity (Wildman–Crippen MR) is 530 cm³/mol. The molecule has 6 N–H and O–H groups in total. The molecule has 9 aromatic rings. The number of nitrogens with zero attached hydrogens (tertiary/aromatic N) is 4. The van der Waals surface area contributed by atoms with Crippen LogP contribution in [0, 0.1) is 94.0 Å². The van der Waals surface area contributed by atoms with Gasteiger partial charge in [-0.25, -0.2) is 21.6 Å². The van der Waals surface area contributed by atoms with Crippen LogP contribution in [-0.4, -0.2) is 132 Å². The number of ketones is 1. The van der Waals surface area contributed by atoms with Crippen LogP contribution in [0.2, 0.25) is 0 Å². The second-order valence-corrected chi connectivity index (χ2v) is 41.1. The molecule has 0 aromatic heterocycles. The normalized spacial score (nSPS) is 18.2. The van der Waals surface area contributed by atoms with Crippen molar-refractivity contribution in [1.29, 1.82) is 5.26 Å². The number of nitriles is 1. The zero-order valence-corrected chi connectivity index (χ0v) is 85.1. The molecule has 3 aliphatic heterocycles. The van der Waals surface area contributed by atoms with Crippen LogP contribution in [0.1, 0.15) is 270 Å². The number of Topliss-reactive ketones (excluding diaryl/α,β-unsaturated/α-hetero) is 1. The quantitative estimate of drug-likeness (QED) is 0.0239. The fourth-order valence-electron chi connectivity index (χ4n) is 19.8. The molecule has 146 heavy (non-hydrogen) atoms. The van der Waals surface area contributed by atoms with Crippen molar-refractivity contribution in [3.63, 3.8) is 0 Å². The number of likely N-dealkylation sites (tertiary alicyclic amines) is 3. The molecular formula is C108H124F12N8O15S3. The van der Waals surface area contributed by atoms with Crippen LogP contribution < -0.4 is 21.3 Å². The van der Waals surface area contributed by atoms with Crippen LogP contribution in [-0.2, 0) is 76.6 Å². The third-order valence-electron chi connectivity index (χ3n) is 26.9. The molecule has 23 nitrogen and oxygen atoms in total. The third kappa shape index (κ3) is 33.7. The number of benzene rings is 9. The van der Waals surface area contributed by atoms with Gasteiger partial charge in [-0.1, -0.05) is 155 Å². The second-order valence-electron chi connectivity index (χ2n) is 37.5. The SMILES string of the molecule is CC#N.CCCS(=O)(=O)[O-].CCS(=O)(=O)O.Cc1ccc(CC(=O)[C@H]2CCCN(C(=O)c3c(C)cccc3F)[C@H]2c2ccc(CC3CCCC3)cc2)cc1C(F)(F)F.Cc1ccc(NC(=O)[C@H]2CCCN(C(=O)c3c(C)cccc3F)[C@H]2c2ccc(NC3CCCC3)cc2)cc1C(F)(F)F.Cc1ccc(NC(=O)[C@H]2CCCN(C(=O)c3c(C)cccc3F)[C@H]2c2ccc([NH2+]C3CCCC3)cc2)cc1C(F)(F)F.O=S(=O)=O. The van der Waals surface area contributed by atoms with Gasteiger partial charge in [-0.15, -0.1) is 12.6 Å². The highest BCUT2D eigenvalue weighted by atomic mass is 32.2. The van der Waals surface area contributed by atoms with Crippen molar-refractivity contribution in [2.45, 2.75) is 246 Å². The van der Waals surface area contributed by atoms with Gasteiger partial charge in [0.1, 0.15) is 28.9 Å². The zero-order valence-electron chi connectivity index (χ0n) is 82.7. The minimum atomic E-state index is -4.56. The Bertz CT molecular complexity index is 5830. The molecule has 9 aromatic carbocycles. The highest BCUT2D eigenvalue weighted by Crippen LogP contribution is 2.46. The van der Waals surface area contributed by atoms with Gasteiger partial charge >= 0.3 is 29.1 Å². The molecule has 0 spiro atoms. The van der Waals surface area contributed by atoms with E-state index in [2.05, 4.69) is 33.4 Å². The Morgan fingerprint density at radius 1 is 0.452 bits per heavy atom. The molecule has 6 aliphatic rings. The lowest BCUT2D eigenvalue weighted by Crippen LogP contribution is -2.83. The number of aryl methyl sites for hydroxylation is 6. The molecule has 3 saturated carbocycles. The van der Waals surface area contributed by atoms with Crippen molar-refractivity contribution in [2.24, 2.45) is 23.7 Å². The topological polar surface area (TPSA) is 351 Å². The van der Waals surface area contributed by atoms with Gasteiger partial charge in [-0.2, -0.15) is 53.2 Å². The molecule has 38 heteroatoms. The standard InChI is InChI=1S/C35H37F4NO2.2C33H35F4N3O2.C3H8O3S.C2H3N.C2H6O3S.O3S/c1-22-12-13-26(20-29(22)35(37,38)39)21-31(41)28-10-6-18-40(34(42)32-23(2)7-5-11-30(32)36)33(28)27-16-14-25(15-17-27)19-24-8-3-4-9-24;2*1-20-12-15-25(19-27(20)33(35,36)37)39-31(41)26-10-6-18-40(32(42)29-21(2)7-5-11-28(29)34)30(26)22-13-16-24(17-14-22)38-23-8-3-4-9-23;1-2-3-7(4,5)6;1-2-3;1-2-6(3,4)5;1-4(2)3/h5,7,11-17,20,24,28,33H,3-4,6,8-10,18-19,21H2,1-2H3;2*5,7,11-17,19,23,26,30,38H,3-4,6,8-10,18H2,1-2H3,(H,39,41);2-3H2,1H3,(H,4,5,6);1H3;2H2,1H3,(H,3,4,5);/t28-,33+;2*26-,30-;;;;/m100..../s1. The maximum Gasteiger partial charge on any atom is 0.425 e. The summed E-state index contributed by atoms with van der Waals surface area (Å²) in [5.74, 6) is -6.52. The van der Waals surface area contributed by atoms with Crippen LogP contribution in [0.3, 0.4) is 0 Å². The van der Waals surface area contributed by atoms with Crippen LogP contribution in [0.15, 0.2) is 182 Å². The summed E-state index contributed by atoms with van der Waals surface area (Å²) in [7, 11) is -10.7.